The molecule has 5 heteroatoms. The van der Waals surface area contributed by atoms with Gasteiger partial charge in [-0.1, -0.05) is 0 Å². The Labute approximate surface area is 75.9 Å². The van der Waals surface area contributed by atoms with Crippen molar-refractivity contribution in [3.8, 4) is 0 Å². The van der Waals surface area contributed by atoms with E-state index in [0.717, 1.165) is 24.7 Å². The topological polar surface area (TPSA) is 53.2 Å². The highest BCUT2D eigenvalue weighted by Crippen LogP contribution is 2.09. The molecule has 2 aliphatic rings. The first-order valence-corrected chi connectivity index (χ1v) is 5.34. The van der Waals surface area contributed by atoms with Crippen LogP contribution in [0.2, 0.25) is 0 Å². The van der Waals surface area contributed by atoms with Crippen molar-refractivity contribution < 1.29 is 4.79 Å². The van der Waals surface area contributed by atoms with Crippen LogP contribution in [0.15, 0.2) is 0 Å². The maximum atomic E-state index is 11.4. The molecule has 0 aliphatic carbocycles. The van der Waals surface area contributed by atoms with Crippen LogP contribution in [0.1, 0.15) is 0 Å². The van der Waals surface area contributed by atoms with Gasteiger partial charge in [0.1, 0.15) is 0 Å². The molecule has 0 unspecified atom stereocenters. The van der Waals surface area contributed by atoms with Gasteiger partial charge in [0, 0.05) is 24.7 Å². The van der Waals surface area contributed by atoms with E-state index in [1.54, 1.807) is 11.8 Å². The third kappa shape index (κ3) is 1.73. The second-order valence-corrected chi connectivity index (χ2v) is 4.17. The van der Waals surface area contributed by atoms with Gasteiger partial charge in [0.15, 0.2) is 0 Å². The predicted molar refractivity (Wildman–Crippen MR) is 49.0 cm³/mol. The van der Waals surface area contributed by atoms with Gasteiger partial charge in [0.2, 0.25) is 5.91 Å². The molecule has 4 nitrogen and oxygen atoms in total. The van der Waals surface area contributed by atoms with Gasteiger partial charge >= 0.3 is 0 Å². The summed E-state index contributed by atoms with van der Waals surface area (Å²) in [6.45, 7) is 1.84. The Hall–Kier alpha value is -0.260. The summed E-state index contributed by atoms with van der Waals surface area (Å²) < 4.78 is 0. The molecule has 12 heavy (non-hydrogen) atoms. The molecule has 0 aromatic heterocycles. The molecule has 68 valence electrons. The van der Waals surface area contributed by atoms with Gasteiger partial charge in [-0.05, 0) is 0 Å². The molecule has 2 aliphatic heterocycles. The standard InChI is InChI=1S/C7H13N3OS/c11-7(6-3-12-4-9-6)10-5-1-8-2-5/h5-6,8-9H,1-4H2,(H,10,11)/t6-/m1/s1. The fourth-order valence-corrected chi connectivity index (χ4v) is 2.20. The minimum Gasteiger partial charge on any atom is -0.349 e. The van der Waals surface area contributed by atoms with Crippen LogP contribution in [0.25, 0.3) is 0 Å². The smallest absolute Gasteiger partial charge is 0.238 e. The molecular weight excluding hydrogens is 174 g/mol. The van der Waals surface area contributed by atoms with E-state index in [2.05, 4.69) is 16.0 Å². The second-order valence-electron chi connectivity index (χ2n) is 3.14. The molecule has 1 atom stereocenters. The number of amides is 1. The Balaban J connectivity index is 1.74. The first kappa shape index (κ1) is 8.34. The third-order valence-corrected chi connectivity index (χ3v) is 3.10. The zero-order chi connectivity index (χ0) is 8.39. The van der Waals surface area contributed by atoms with Gasteiger partial charge in [-0.25, -0.2) is 0 Å². The van der Waals surface area contributed by atoms with Gasteiger partial charge in [0.25, 0.3) is 0 Å². The lowest BCUT2D eigenvalue weighted by Crippen LogP contribution is -2.59. The van der Waals surface area contributed by atoms with Crippen LogP contribution in [0, 0.1) is 0 Å². The highest BCUT2D eigenvalue weighted by atomic mass is 32.2. The summed E-state index contributed by atoms with van der Waals surface area (Å²) in [5.41, 5.74) is 0. The maximum absolute atomic E-state index is 11.4. The van der Waals surface area contributed by atoms with Gasteiger partial charge in [0.05, 0.1) is 12.1 Å². The SMILES string of the molecule is O=C(NC1CNC1)[C@H]1CSCN1. The molecule has 2 saturated heterocycles. The zero-order valence-electron chi connectivity index (χ0n) is 6.80. The largest absolute Gasteiger partial charge is 0.349 e. The van der Waals surface area contributed by atoms with Crippen molar-refractivity contribution in [3.63, 3.8) is 0 Å². The van der Waals surface area contributed by atoms with Crippen molar-refractivity contribution in [1.29, 1.82) is 0 Å². The molecule has 0 radical (unpaired) electrons. The van der Waals surface area contributed by atoms with E-state index in [0.29, 0.717) is 6.04 Å². The lowest BCUT2D eigenvalue weighted by atomic mass is 10.1. The van der Waals surface area contributed by atoms with Crippen LogP contribution >= 0.6 is 11.8 Å². The van der Waals surface area contributed by atoms with Crippen molar-refractivity contribution in [2.75, 3.05) is 24.7 Å². The monoisotopic (exact) mass is 187 g/mol. The molecule has 0 aromatic rings. The quantitative estimate of drug-likeness (QED) is 0.505. The summed E-state index contributed by atoms with van der Waals surface area (Å²) in [7, 11) is 0. The summed E-state index contributed by atoms with van der Waals surface area (Å²) in [5.74, 6) is 1.97. The van der Waals surface area contributed by atoms with Crippen LogP contribution in [-0.4, -0.2) is 42.7 Å². The first-order chi connectivity index (χ1) is 5.86. The molecule has 2 rings (SSSR count). The van der Waals surface area contributed by atoms with E-state index in [9.17, 15) is 4.79 Å². The fraction of sp³-hybridized carbons (Fsp3) is 0.857. The van der Waals surface area contributed by atoms with Crippen molar-refractivity contribution in [2.24, 2.45) is 0 Å². The average Bonchev–Trinajstić information content (AvgIpc) is 2.47. The van der Waals surface area contributed by atoms with Gasteiger partial charge in [-0.2, -0.15) is 0 Å². The Kier molecular flexibility index (Phi) is 2.53. The normalized spacial score (nSPS) is 29.8. The van der Waals surface area contributed by atoms with Gasteiger partial charge in [-0.15, -0.1) is 11.8 Å². The van der Waals surface area contributed by atoms with E-state index in [-0.39, 0.29) is 11.9 Å². The summed E-state index contributed by atoms with van der Waals surface area (Å²) in [6.07, 6.45) is 0. The van der Waals surface area contributed by atoms with Gasteiger partial charge < -0.3 is 10.6 Å². The van der Waals surface area contributed by atoms with Crippen LogP contribution in [0.5, 0.6) is 0 Å². The third-order valence-electron chi connectivity index (χ3n) is 2.16. The minimum absolute atomic E-state index is 0.0376. The number of nitrogens with one attached hydrogen (secondary N) is 3. The average molecular weight is 187 g/mol. The molecular formula is C7H13N3OS. The molecule has 0 bridgehead atoms. The molecule has 2 heterocycles. The Morgan fingerprint density at radius 1 is 1.50 bits per heavy atom. The van der Waals surface area contributed by atoms with Crippen molar-refractivity contribution in [3.05, 3.63) is 0 Å². The summed E-state index contributed by atoms with van der Waals surface area (Å²) >= 11 is 1.78. The molecule has 0 aromatic carbocycles. The second kappa shape index (κ2) is 3.64. The minimum atomic E-state index is 0.0376. The Bertz CT molecular complexity index is 177. The van der Waals surface area contributed by atoms with Crippen molar-refractivity contribution in [1.82, 2.24) is 16.0 Å². The number of hydrogen-bond donors (Lipinski definition) is 3. The fourth-order valence-electron chi connectivity index (χ4n) is 1.26. The number of thioether (sulfide) groups is 1. The molecule has 3 N–H and O–H groups in total. The number of carbonyl (C=O) groups is 1. The predicted octanol–water partition coefficient (Wildman–Crippen LogP) is -1.26. The lowest BCUT2D eigenvalue weighted by Gasteiger charge is -2.28. The van der Waals surface area contributed by atoms with Gasteiger partial charge in [-0.3, -0.25) is 10.1 Å². The van der Waals surface area contributed by atoms with Crippen molar-refractivity contribution in [2.45, 2.75) is 12.1 Å². The maximum Gasteiger partial charge on any atom is 0.238 e. The van der Waals surface area contributed by atoms with Crippen LogP contribution < -0.4 is 16.0 Å². The lowest BCUT2D eigenvalue weighted by molar-refractivity contribution is -0.123. The highest BCUT2D eigenvalue weighted by molar-refractivity contribution is 7.99. The molecule has 0 saturated carbocycles. The van der Waals surface area contributed by atoms with E-state index in [4.69, 9.17) is 0 Å². The summed E-state index contributed by atoms with van der Waals surface area (Å²) in [5, 5.41) is 9.24. The number of carbonyl (C=O) groups excluding carboxylic acids is 1. The van der Waals surface area contributed by atoms with E-state index >= 15 is 0 Å². The zero-order valence-corrected chi connectivity index (χ0v) is 7.62. The number of hydrogen-bond acceptors (Lipinski definition) is 4. The molecule has 2 fully saturated rings. The summed E-state index contributed by atoms with van der Waals surface area (Å²) in [4.78, 5) is 11.4. The summed E-state index contributed by atoms with van der Waals surface area (Å²) in [6, 6.07) is 0.403. The van der Waals surface area contributed by atoms with E-state index in [1.807, 2.05) is 0 Å². The van der Waals surface area contributed by atoms with Crippen LogP contribution in [0.3, 0.4) is 0 Å². The Morgan fingerprint density at radius 2 is 2.33 bits per heavy atom. The van der Waals surface area contributed by atoms with E-state index in [1.165, 1.54) is 0 Å². The van der Waals surface area contributed by atoms with E-state index < -0.39 is 0 Å². The first-order valence-electron chi connectivity index (χ1n) is 4.18. The highest BCUT2D eigenvalue weighted by Gasteiger charge is 2.26. The van der Waals surface area contributed by atoms with Crippen molar-refractivity contribution >= 4 is 17.7 Å². The molecule has 0 spiro atoms. The molecule has 1 amide bonds. The van der Waals surface area contributed by atoms with Crippen LogP contribution in [0.4, 0.5) is 0 Å². The number of rotatable bonds is 2. The van der Waals surface area contributed by atoms with Crippen LogP contribution in [-0.2, 0) is 4.79 Å². The Morgan fingerprint density at radius 3 is 2.83 bits per heavy atom.